The summed E-state index contributed by atoms with van der Waals surface area (Å²) in [7, 11) is -1.75. The largest absolute Gasteiger partial charge is 0.399 e. The maximum atomic E-state index is 9.07. The van der Waals surface area contributed by atoms with Crippen molar-refractivity contribution in [3.8, 4) is 6.07 Å². The highest BCUT2D eigenvalue weighted by Gasteiger charge is 2.22. The predicted octanol–water partition coefficient (Wildman–Crippen LogP) is 4.41. The zero-order valence-corrected chi connectivity index (χ0v) is 11.9. The summed E-state index contributed by atoms with van der Waals surface area (Å²) in [4.78, 5) is 0. The third kappa shape index (κ3) is 3.80. The van der Waals surface area contributed by atoms with Gasteiger partial charge in [-0.3, -0.25) is 0 Å². The van der Waals surface area contributed by atoms with Gasteiger partial charge in [0.15, 0.2) is 14.4 Å². The molecule has 0 saturated carbocycles. The molecule has 0 aliphatic carbocycles. The standard InChI is InChI=1S/C11H13Cl2NOSi/c1-16(2,3)15-11(7-14)8-4-5-9(12)10(13)6-8/h4-6,11H,1-3H3. The van der Waals surface area contributed by atoms with Crippen molar-refractivity contribution in [2.75, 3.05) is 0 Å². The van der Waals surface area contributed by atoms with Crippen LogP contribution >= 0.6 is 23.2 Å². The summed E-state index contributed by atoms with van der Waals surface area (Å²) < 4.78 is 5.74. The van der Waals surface area contributed by atoms with Crippen LogP contribution in [0, 0.1) is 11.3 Å². The highest BCUT2D eigenvalue weighted by molar-refractivity contribution is 6.69. The molecule has 1 aromatic carbocycles. The Morgan fingerprint density at radius 3 is 2.31 bits per heavy atom. The van der Waals surface area contributed by atoms with Crippen LogP contribution in [-0.2, 0) is 4.43 Å². The molecule has 0 aliphatic heterocycles. The molecular formula is C11H13Cl2NOSi. The molecule has 0 fully saturated rings. The van der Waals surface area contributed by atoms with Crippen molar-refractivity contribution in [2.45, 2.75) is 25.7 Å². The van der Waals surface area contributed by atoms with Gasteiger partial charge in [0.05, 0.1) is 16.1 Å². The zero-order chi connectivity index (χ0) is 12.3. The van der Waals surface area contributed by atoms with E-state index in [1.54, 1.807) is 18.2 Å². The number of hydrogen-bond donors (Lipinski definition) is 0. The first-order valence-corrected chi connectivity index (χ1v) is 9.02. The lowest BCUT2D eigenvalue weighted by Gasteiger charge is -2.22. The van der Waals surface area contributed by atoms with Crippen molar-refractivity contribution in [3.63, 3.8) is 0 Å². The van der Waals surface area contributed by atoms with Crippen LogP contribution in [0.1, 0.15) is 11.7 Å². The maximum absolute atomic E-state index is 9.07. The van der Waals surface area contributed by atoms with E-state index in [-0.39, 0.29) is 0 Å². The number of nitrogens with zero attached hydrogens (tertiary/aromatic N) is 1. The Balaban J connectivity index is 2.97. The number of rotatable bonds is 3. The van der Waals surface area contributed by atoms with Gasteiger partial charge in [0.1, 0.15) is 0 Å². The Kier molecular flexibility index (Phi) is 4.40. The molecule has 5 heteroatoms. The molecule has 1 unspecified atom stereocenters. The van der Waals surface area contributed by atoms with Crippen molar-refractivity contribution < 1.29 is 4.43 Å². The van der Waals surface area contributed by atoms with Crippen LogP contribution in [0.4, 0.5) is 0 Å². The second-order valence-electron chi connectivity index (χ2n) is 4.41. The van der Waals surface area contributed by atoms with Crippen molar-refractivity contribution in [3.05, 3.63) is 33.8 Å². The monoisotopic (exact) mass is 273 g/mol. The minimum atomic E-state index is -1.75. The Labute approximate surface area is 107 Å². The van der Waals surface area contributed by atoms with Gasteiger partial charge in [-0.25, -0.2) is 0 Å². The Hall–Kier alpha value is -0.533. The normalized spacial score (nSPS) is 13.2. The summed E-state index contributed by atoms with van der Waals surface area (Å²) in [5.74, 6) is 0. The van der Waals surface area contributed by atoms with Crippen LogP contribution < -0.4 is 0 Å². The van der Waals surface area contributed by atoms with E-state index in [0.29, 0.717) is 10.0 Å². The van der Waals surface area contributed by atoms with Gasteiger partial charge in [-0.15, -0.1) is 0 Å². The Morgan fingerprint density at radius 2 is 1.88 bits per heavy atom. The van der Waals surface area contributed by atoms with E-state index < -0.39 is 14.4 Å². The van der Waals surface area contributed by atoms with Gasteiger partial charge in [-0.1, -0.05) is 29.3 Å². The fourth-order valence-electron chi connectivity index (χ4n) is 1.20. The number of nitriles is 1. The summed E-state index contributed by atoms with van der Waals surface area (Å²) >= 11 is 11.7. The fraction of sp³-hybridized carbons (Fsp3) is 0.364. The summed E-state index contributed by atoms with van der Waals surface area (Å²) in [6.07, 6.45) is -0.568. The van der Waals surface area contributed by atoms with Gasteiger partial charge in [0, 0.05) is 0 Å². The first-order valence-electron chi connectivity index (χ1n) is 4.86. The summed E-state index contributed by atoms with van der Waals surface area (Å²) in [6.45, 7) is 6.11. The first-order chi connectivity index (χ1) is 7.33. The third-order valence-corrected chi connectivity index (χ3v) is 3.52. The van der Waals surface area contributed by atoms with Crippen molar-refractivity contribution in [2.24, 2.45) is 0 Å². The maximum Gasteiger partial charge on any atom is 0.186 e. The summed E-state index contributed by atoms with van der Waals surface area (Å²) in [6, 6.07) is 7.25. The second kappa shape index (κ2) is 5.20. The fourth-order valence-corrected chi connectivity index (χ4v) is 2.40. The van der Waals surface area contributed by atoms with Gasteiger partial charge in [-0.2, -0.15) is 5.26 Å². The first kappa shape index (κ1) is 13.5. The van der Waals surface area contributed by atoms with E-state index >= 15 is 0 Å². The van der Waals surface area contributed by atoms with E-state index in [4.69, 9.17) is 32.9 Å². The average Bonchev–Trinajstić information content (AvgIpc) is 2.17. The second-order valence-corrected chi connectivity index (χ2v) is 9.69. The van der Waals surface area contributed by atoms with Crippen molar-refractivity contribution >= 4 is 31.5 Å². The van der Waals surface area contributed by atoms with Gasteiger partial charge < -0.3 is 4.43 Å². The molecule has 0 N–H and O–H groups in total. The topological polar surface area (TPSA) is 33.0 Å². The molecule has 0 radical (unpaired) electrons. The molecule has 1 rings (SSSR count). The van der Waals surface area contributed by atoms with Crippen LogP contribution in [0.15, 0.2) is 18.2 Å². The van der Waals surface area contributed by atoms with Gasteiger partial charge in [-0.05, 0) is 37.3 Å². The predicted molar refractivity (Wildman–Crippen MR) is 69.2 cm³/mol. The van der Waals surface area contributed by atoms with E-state index in [9.17, 15) is 0 Å². The third-order valence-electron chi connectivity index (χ3n) is 1.84. The molecule has 1 aromatic rings. The van der Waals surface area contributed by atoms with Crippen LogP contribution in [0.25, 0.3) is 0 Å². The van der Waals surface area contributed by atoms with E-state index in [1.165, 1.54) is 0 Å². The Bertz CT molecular complexity index is 423. The zero-order valence-electron chi connectivity index (χ0n) is 9.42. The van der Waals surface area contributed by atoms with E-state index in [2.05, 4.69) is 6.07 Å². The minimum absolute atomic E-state index is 0.443. The lowest BCUT2D eigenvalue weighted by atomic mass is 10.1. The molecule has 0 heterocycles. The SMILES string of the molecule is C[Si](C)(C)OC(C#N)c1ccc(Cl)c(Cl)c1. The molecule has 86 valence electrons. The smallest absolute Gasteiger partial charge is 0.186 e. The van der Waals surface area contributed by atoms with E-state index in [0.717, 1.165) is 5.56 Å². The van der Waals surface area contributed by atoms with Crippen LogP contribution in [-0.4, -0.2) is 8.32 Å². The molecule has 0 amide bonds. The lowest BCUT2D eigenvalue weighted by Crippen LogP contribution is -2.27. The van der Waals surface area contributed by atoms with Gasteiger partial charge in [0.25, 0.3) is 0 Å². The van der Waals surface area contributed by atoms with Crippen LogP contribution in [0.5, 0.6) is 0 Å². The minimum Gasteiger partial charge on any atom is -0.399 e. The summed E-state index contributed by atoms with van der Waals surface area (Å²) in [5, 5.41) is 10.00. The van der Waals surface area contributed by atoms with E-state index in [1.807, 2.05) is 19.6 Å². The van der Waals surface area contributed by atoms with Crippen molar-refractivity contribution in [1.82, 2.24) is 0 Å². The van der Waals surface area contributed by atoms with Crippen molar-refractivity contribution in [1.29, 1.82) is 5.26 Å². The average molecular weight is 274 g/mol. The lowest BCUT2D eigenvalue weighted by molar-refractivity contribution is 0.255. The van der Waals surface area contributed by atoms with Crippen LogP contribution in [0.3, 0.4) is 0 Å². The molecular weight excluding hydrogens is 261 g/mol. The molecule has 2 nitrogen and oxygen atoms in total. The molecule has 1 atom stereocenters. The Morgan fingerprint density at radius 1 is 1.25 bits per heavy atom. The quantitative estimate of drug-likeness (QED) is 0.765. The highest BCUT2D eigenvalue weighted by Crippen LogP contribution is 2.28. The van der Waals surface area contributed by atoms with Gasteiger partial charge >= 0.3 is 0 Å². The number of halogens is 2. The van der Waals surface area contributed by atoms with Crippen LogP contribution in [0.2, 0.25) is 29.7 Å². The number of hydrogen-bond acceptors (Lipinski definition) is 2. The molecule has 0 bridgehead atoms. The molecule has 0 aliphatic rings. The molecule has 0 aromatic heterocycles. The molecule has 0 spiro atoms. The molecule has 16 heavy (non-hydrogen) atoms. The van der Waals surface area contributed by atoms with Gasteiger partial charge in [0.2, 0.25) is 0 Å². The molecule has 0 saturated heterocycles. The summed E-state index contributed by atoms with van der Waals surface area (Å²) in [5.41, 5.74) is 0.749. The number of benzene rings is 1. The highest BCUT2D eigenvalue weighted by atomic mass is 35.5.